The third kappa shape index (κ3) is 1.79. The minimum Gasteiger partial charge on any atom is -0.480 e. The van der Waals surface area contributed by atoms with Gasteiger partial charge in [0.1, 0.15) is 11.6 Å². The van der Waals surface area contributed by atoms with Crippen molar-refractivity contribution in [1.82, 2.24) is 15.0 Å². The Balaban J connectivity index is 2.32. The highest BCUT2D eigenvalue weighted by molar-refractivity contribution is 5.75. The third-order valence-corrected chi connectivity index (χ3v) is 2.11. The highest BCUT2D eigenvalue weighted by atomic mass is 16.4. The highest BCUT2D eigenvalue weighted by Gasteiger charge is 2.14. The molecule has 0 fully saturated rings. The number of carbonyl (C=O) groups is 1. The minimum absolute atomic E-state index is 0.121. The molecule has 1 aromatic carbocycles. The van der Waals surface area contributed by atoms with E-state index in [2.05, 4.69) is 10.3 Å². The molecule has 0 saturated carbocycles. The fourth-order valence-corrected chi connectivity index (χ4v) is 1.32. The molecule has 2 aromatic rings. The molecule has 0 amide bonds. The number of aromatic nitrogens is 3. The molecule has 0 aliphatic heterocycles. The first-order chi connectivity index (χ1) is 7.18. The van der Waals surface area contributed by atoms with Crippen LogP contribution >= 0.6 is 0 Å². The average Bonchev–Trinajstić information content (AvgIpc) is 2.62. The second-order valence-electron chi connectivity index (χ2n) is 3.20. The van der Waals surface area contributed by atoms with E-state index in [0.29, 0.717) is 0 Å². The summed E-state index contributed by atoms with van der Waals surface area (Å²) in [5, 5.41) is 16.4. The SMILES string of the molecule is N[C@H](Cn1nnc2ccccc21)C(=O)O. The number of para-hydroxylation sites is 1. The van der Waals surface area contributed by atoms with E-state index in [-0.39, 0.29) is 6.54 Å². The van der Waals surface area contributed by atoms with E-state index in [1.807, 2.05) is 24.3 Å². The summed E-state index contributed by atoms with van der Waals surface area (Å²) in [7, 11) is 0. The number of carboxylic acid groups (broad SMARTS) is 1. The number of nitrogens with two attached hydrogens (primary N) is 1. The fourth-order valence-electron chi connectivity index (χ4n) is 1.32. The zero-order chi connectivity index (χ0) is 10.8. The van der Waals surface area contributed by atoms with Crippen molar-refractivity contribution >= 4 is 17.0 Å². The molecule has 3 N–H and O–H groups in total. The lowest BCUT2D eigenvalue weighted by atomic mass is 10.3. The molecule has 0 aliphatic carbocycles. The van der Waals surface area contributed by atoms with Gasteiger partial charge in [0.2, 0.25) is 0 Å². The van der Waals surface area contributed by atoms with Gasteiger partial charge in [0.25, 0.3) is 0 Å². The molecule has 1 heterocycles. The van der Waals surface area contributed by atoms with Gasteiger partial charge >= 0.3 is 5.97 Å². The molecule has 1 atom stereocenters. The molecular weight excluding hydrogens is 196 g/mol. The standard InChI is InChI=1S/C9H10N4O2/c10-6(9(14)15)5-13-8-4-2-1-3-7(8)11-12-13/h1-4,6H,5,10H2,(H,14,15)/t6-/m1/s1. The number of benzene rings is 1. The van der Waals surface area contributed by atoms with Gasteiger partial charge in [-0.15, -0.1) is 5.10 Å². The fraction of sp³-hybridized carbons (Fsp3) is 0.222. The first-order valence-electron chi connectivity index (χ1n) is 4.45. The van der Waals surface area contributed by atoms with E-state index in [4.69, 9.17) is 10.8 Å². The summed E-state index contributed by atoms with van der Waals surface area (Å²) < 4.78 is 1.49. The minimum atomic E-state index is -1.05. The van der Waals surface area contributed by atoms with Gasteiger partial charge in [0.15, 0.2) is 0 Å². The lowest BCUT2D eigenvalue weighted by molar-refractivity contribution is -0.138. The van der Waals surface area contributed by atoms with Crippen molar-refractivity contribution in [1.29, 1.82) is 0 Å². The quantitative estimate of drug-likeness (QED) is 0.727. The number of rotatable bonds is 3. The van der Waals surface area contributed by atoms with Crippen molar-refractivity contribution in [2.45, 2.75) is 12.6 Å². The number of hydrogen-bond acceptors (Lipinski definition) is 4. The van der Waals surface area contributed by atoms with Crippen molar-refractivity contribution in [2.24, 2.45) is 5.73 Å². The zero-order valence-corrected chi connectivity index (χ0v) is 7.87. The molecule has 6 heteroatoms. The normalized spacial score (nSPS) is 12.9. The molecule has 1 aromatic heterocycles. The number of nitrogens with zero attached hydrogens (tertiary/aromatic N) is 3. The van der Waals surface area contributed by atoms with Crippen LogP contribution in [0.15, 0.2) is 24.3 Å². The molecule has 0 bridgehead atoms. The maximum Gasteiger partial charge on any atom is 0.322 e. The lowest BCUT2D eigenvalue weighted by Crippen LogP contribution is -2.34. The Morgan fingerprint density at radius 2 is 2.27 bits per heavy atom. The van der Waals surface area contributed by atoms with Gasteiger partial charge in [-0.1, -0.05) is 17.3 Å². The molecule has 0 radical (unpaired) electrons. The summed E-state index contributed by atoms with van der Waals surface area (Å²) in [6.07, 6.45) is 0. The smallest absolute Gasteiger partial charge is 0.322 e. The van der Waals surface area contributed by atoms with Crippen molar-refractivity contribution in [3.8, 4) is 0 Å². The average molecular weight is 206 g/mol. The summed E-state index contributed by atoms with van der Waals surface area (Å²) in [5.41, 5.74) is 6.93. The van der Waals surface area contributed by atoms with Crippen molar-refractivity contribution < 1.29 is 9.90 Å². The molecule has 6 nitrogen and oxygen atoms in total. The van der Waals surface area contributed by atoms with Crippen LogP contribution in [0.25, 0.3) is 11.0 Å². The second-order valence-corrected chi connectivity index (χ2v) is 3.20. The highest BCUT2D eigenvalue weighted by Crippen LogP contribution is 2.09. The summed E-state index contributed by atoms with van der Waals surface area (Å²) in [4.78, 5) is 10.6. The van der Waals surface area contributed by atoms with E-state index >= 15 is 0 Å². The Kier molecular flexibility index (Phi) is 2.34. The Morgan fingerprint density at radius 3 is 3.00 bits per heavy atom. The van der Waals surface area contributed by atoms with E-state index < -0.39 is 12.0 Å². The van der Waals surface area contributed by atoms with E-state index in [1.165, 1.54) is 4.68 Å². The number of carboxylic acids is 1. The Morgan fingerprint density at radius 1 is 1.53 bits per heavy atom. The largest absolute Gasteiger partial charge is 0.480 e. The van der Waals surface area contributed by atoms with Crippen molar-refractivity contribution in [2.75, 3.05) is 0 Å². The van der Waals surface area contributed by atoms with E-state index in [1.54, 1.807) is 0 Å². The zero-order valence-electron chi connectivity index (χ0n) is 7.87. The first-order valence-corrected chi connectivity index (χ1v) is 4.45. The summed E-state index contributed by atoms with van der Waals surface area (Å²) in [6.45, 7) is 0.121. The molecule has 78 valence electrons. The van der Waals surface area contributed by atoms with Crippen LogP contribution in [0.2, 0.25) is 0 Å². The van der Waals surface area contributed by atoms with Gasteiger partial charge < -0.3 is 10.8 Å². The monoisotopic (exact) mass is 206 g/mol. The number of aliphatic carboxylic acids is 1. The lowest BCUT2D eigenvalue weighted by Gasteiger charge is -2.05. The topological polar surface area (TPSA) is 94.0 Å². The summed E-state index contributed by atoms with van der Waals surface area (Å²) >= 11 is 0. The summed E-state index contributed by atoms with van der Waals surface area (Å²) in [5.74, 6) is -1.05. The van der Waals surface area contributed by atoms with Gasteiger partial charge in [-0.3, -0.25) is 4.79 Å². The maximum absolute atomic E-state index is 10.6. The molecule has 0 spiro atoms. The van der Waals surface area contributed by atoms with Crippen LogP contribution < -0.4 is 5.73 Å². The van der Waals surface area contributed by atoms with E-state index in [0.717, 1.165) is 11.0 Å². The van der Waals surface area contributed by atoms with Crippen LogP contribution in [0.5, 0.6) is 0 Å². The Labute approximate surface area is 85.3 Å². The van der Waals surface area contributed by atoms with Crippen molar-refractivity contribution in [3.05, 3.63) is 24.3 Å². The Bertz CT molecular complexity index is 494. The first kappa shape index (κ1) is 9.60. The predicted octanol–water partition coefficient (Wildman–Crippen LogP) is -0.157. The van der Waals surface area contributed by atoms with Gasteiger partial charge in [0.05, 0.1) is 12.1 Å². The molecular formula is C9H10N4O2. The van der Waals surface area contributed by atoms with Gasteiger partial charge in [-0.05, 0) is 12.1 Å². The van der Waals surface area contributed by atoms with Crippen molar-refractivity contribution in [3.63, 3.8) is 0 Å². The summed E-state index contributed by atoms with van der Waals surface area (Å²) in [6, 6.07) is 6.36. The second kappa shape index (κ2) is 3.66. The predicted molar refractivity (Wildman–Crippen MR) is 53.1 cm³/mol. The van der Waals surface area contributed by atoms with Gasteiger partial charge in [-0.2, -0.15) is 0 Å². The molecule has 0 unspecified atom stereocenters. The van der Waals surface area contributed by atoms with Gasteiger partial charge in [-0.25, -0.2) is 4.68 Å². The molecule has 2 rings (SSSR count). The van der Waals surface area contributed by atoms with Crippen LogP contribution in [0.4, 0.5) is 0 Å². The molecule has 0 aliphatic rings. The van der Waals surface area contributed by atoms with Crippen LogP contribution in [-0.2, 0) is 11.3 Å². The number of hydrogen-bond donors (Lipinski definition) is 2. The van der Waals surface area contributed by atoms with Gasteiger partial charge in [0, 0.05) is 0 Å². The molecule has 15 heavy (non-hydrogen) atoms. The van der Waals surface area contributed by atoms with Crippen LogP contribution in [0.1, 0.15) is 0 Å². The van der Waals surface area contributed by atoms with Crippen LogP contribution in [-0.4, -0.2) is 32.1 Å². The third-order valence-electron chi connectivity index (χ3n) is 2.11. The maximum atomic E-state index is 10.6. The van der Waals surface area contributed by atoms with E-state index in [9.17, 15) is 4.79 Å². The Hall–Kier alpha value is -1.95. The molecule has 0 saturated heterocycles. The van der Waals surface area contributed by atoms with Crippen LogP contribution in [0.3, 0.4) is 0 Å². The van der Waals surface area contributed by atoms with Crippen LogP contribution in [0, 0.1) is 0 Å². The number of fused-ring (bicyclic) bond motifs is 1.